The molecule has 0 aliphatic rings. The summed E-state index contributed by atoms with van der Waals surface area (Å²) in [5, 5.41) is 8.31. The number of carbonyl (C=O) groups is 1. The predicted molar refractivity (Wildman–Crippen MR) is 33.6 cm³/mol. The molecular formula is C7H7O4Rh-. The molecule has 0 aromatic carbocycles. The molecule has 0 saturated carbocycles. The molecule has 0 fully saturated rings. The van der Waals surface area contributed by atoms with E-state index >= 15 is 0 Å². The van der Waals surface area contributed by atoms with Gasteiger partial charge in [0.05, 0.1) is 0 Å². The van der Waals surface area contributed by atoms with Crippen LogP contribution in [0.2, 0.25) is 0 Å². The summed E-state index contributed by atoms with van der Waals surface area (Å²) in [5.41, 5.74) is 0. The summed E-state index contributed by atoms with van der Waals surface area (Å²) in [6.45, 7) is 11.7. The smallest absolute Gasteiger partial charge is 0 e. The van der Waals surface area contributed by atoms with Crippen LogP contribution in [0.25, 0.3) is 0 Å². The van der Waals surface area contributed by atoms with E-state index in [4.69, 9.17) is 14.4 Å². The van der Waals surface area contributed by atoms with E-state index < -0.39 is 0 Å². The van der Waals surface area contributed by atoms with Crippen LogP contribution in [0.3, 0.4) is 0 Å². The Labute approximate surface area is 83.9 Å². The molecule has 69 valence electrons. The molecule has 0 unspecified atom stereocenters. The third kappa shape index (κ3) is 58.6. The molecule has 0 aliphatic carbocycles. The number of aliphatic hydroxyl groups excluding tert-OH is 1. The number of Topliss-reactive ketones (excluding diaryl/α,β-unsaturated/α-hetero) is 1. The SMILES string of the molecule is CC(=O)[C-]=C(C)O.[C-]#[O+].[C-]#[O+].[Rh]. The van der Waals surface area contributed by atoms with Crippen molar-refractivity contribution in [2.45, 2.75) is 13.8 Å². The first-order valence-electron chi connectivity index (χ1n) is 2.34. The Bertz CT molecular complexity index is 159. The molecule has 0 heterocycles. The normalized spacial score (nSPS) is 7.00. The second-order valence-electron chi connectivity index (χ2n) is 1.27. The van der Waals surface area contributed by atoms with Gasteiger partial charge in [-0.15, -0.1) is 0 Å². The maximum atomic E-state index is 9.96. The van der Waals surface area contributed by atoms with Crippen molar-refractivity contribution in [1.29, 1.82) is 0 Å². The van der Waals surface area contributed by atoms with E-state index in [1.807, 2.05) is 0 Å². The number of carbonyl (C=O) groups excluding carboxylic acids is 1. The fourth-order valence-corrected chi connectivity index (χ4v) is 0.255. The predicted octanol–water partition coefficient (Wildman–Crippen LogP) is 0.763. The molecular weight excluding hydrogens is 251 g/mol. The van der Waals surface area contributed by atoms with Crippen molar-refractivity contribution in [1.82, 2.24) is 0 Å². The first kappa shape index (κ1) is 22.5. The fourth-order valence-electron chi connectivity index (χ4n) is 0.255. The summed E-state index contributed by atoms with van der Waals surface area (Å²) < 4.78 is 15.0. The van der Waals surface area contributed by atoms with E-state index in [0.29, 0.717) is 0 Å². The molecule has 0 bridgehead atoms. The topological polar surface area (TPSA) is 77.1 Å². The zero-order valence-electron chi connectivity index (χ0n) is 6.51. The van der Waals surface area contributed by atoms with Crippen molar-refractivity contribution in [2.75, 3.05) is 0 Å². The molecule has 12 heavy (non-hydrogen) atoms. The molecule has 0 spiro atoms. The Morgan fingerprint density at radius 3 is 1.50 bits per heavy atom. The quantitative estimate of drug-likeness (QED) is 0.248. The molecule has 0 atom stereocenters. The number of hydrogen-bond acceptors (Lipinski definition) is 2. The van der Waals surface area contributed by atoms with Crippen molar-refractivity contribution in [3.63, 3.8) is 0 Å². The monoisotopic (exact) mass is 258 g/mol. The maximum Gasteiger partial charge on any atom is 0 e. The minimum atomic E-state index is -0.250. The summed E-state index contributed by atoms with van der Waals surface area (Å²) in [6, 6.07) is 0. The summed E-state index contributed by atoms with van der Waals surface area (Å²) in [5.74, 6) is -0.312. The standard InChI is InChI=1S/C5H7O2.2CO.Rh/c1-4(6)3-5(2)7;2*1-2;/h6H,1-2H3;;;/q-1;;;. The third-order valence-corrected chi connectivity index (χ3v) is 0.357. The van der Waals surface area contributed by atoms with Gasteiger partial charge in [-0.2, -0.15) is 0 Å². The van der Waals surface area contributed by atoms with Crippen molar-refractivity contribution >= 4 is 5.78 Å². The van der Waals surface area contributed by atoms with Gasteiger partial charge in [0.2, 0.25) is 0 Å². The summed E-state index contributed by atoms with van der Waals surface area (Å²) in [7, 11) is 0. The van der Waals surface area contributed by atoms with Gasteiger partial charge in [-0.05, 0) is 19.6 Å². The van der Waals surface area contributed by atoms with E-state index in [9.17, 15) is 4.79 Å². The van der Waals surface area contributed by atoms with Gasteiger partial charge in [0, 0.05) is 19.5 Å². The van der Waals surface area contributed by atoms with E-state index in [0.717, 1.165) is 0 Å². The number of hydrogen-bond donors (Lipinski definition) is 1. The first-order chi connectivity index (χ1) is 5.13. The maximum absolute atomic E-state index is 9.96. The zero-order valence-corrected chi connectivity index (χ0v) is 8.14. The summed E-state index contributed by atoms with van der Waals surface area (Å²) in [6.07, 6.45) is 2.14. The average Bonchev–Trinajstić information content (AvgIpc) is 1.93. The minimum Gasteiger partial charge on any atom is 0 e. The second kappa shape index (κ2) is 22.4. The molecule has 0 aromatic rings. The average molecular weight is 258 g/mol. The molecule has 0 amide bonds. The van der Waals surface area contributed by atoms with Gasteiger partial charge in [-0.25, -0.2) is 0 Å². The number of rotatable bonds is 1. The largest absolute Gasteiger partial charge is 0 e. The van der Waals surface area contributed by atoms with Crippen LogP contribution in [0.4, 0.5) is 0 Å². The van der Waals surface area contributed by atoms with Gasteiger partial charge in [0.15, 0.2) is 0 Å². The van der Waals surface area contributed by atoms with E-state index in [-0.39, 0.29) is 31.0 Å². The van der Waals surface area contributed by atoms with Crippen LogP contribution in [0.15, 0.2) is 5.76 Å². The van der Waals surface area contributed by atoms with E-state index in [1.54, 1.807) is 0 Å². The van der Waals surface area contributed by atoms with E-state index in [2.05, 4.69) is 19.4 Å². The van der Waals surface area contributed by atoms with Gasteiger partial charge < -0.3 is 16.0 Å². The Hall–Kier alpha value is -0.687. The Kier molecular flexibility index (Phi) is 42.1. The Morgan fingerprint density at radius 2 is 1.50 bits per heavy atom. The van der Waals surface area contributed by atoms with Crippen LogP contribution in [0.5, 0.6) is 0 Å². The number of aliphatic hydroxyl groups is 1. The van der Waals surface area contributed by atoms with Crippen molar-refractivity contribution in [2.24, 2.45) is 0 Å². The molecule has 4 nitrogen and oxygen atoms in total. The van der Waals surface area contributed by atoms with Crippen LogP contribution in [0.1, 0.15) is 13.8 Å². The molecule has 1 N–H and O–H groups in total. The minimum absolute atomic E-state index is 0. The zero-order chi connectivity index (χ0) is 9.86. The van der Waals surface area contributed by atoms with Crippen LogP contribution < -0.4 is 0 Å². The number of ketones is 1. The van der Waals surface area contributed by atoms with Gasteiger partial charge in [-0.1, -0.05) is 5.76 Å². The Morgan fingerprint density at radius 1 is 1.25 bits per heavy atom. The van der Waals surface area contributed by atoms with Crippen molar-refractivity contribution < 1.29 is 38.7 Å². The summed E-state index contributed by atoms with van der Waals surface area (Å²) in [4.78, 5) is 9.96. The number of allylic oxidation sites excluding steroid dienone is 2. The summed E-state index contributed by atoms with van der Waals surface area (Å²) >= 11 is 0. The van der Waals surface area contributed by atoms with Crippen LogP contribution in [0, 0.1) is 19.4 Å². The van der Waals surface area contributed by atoms with Crippen LogP contribution >= 0.6 is 0 Å². The van der Waals surface area contributed by atoms with Gasteiger partial charge in [0.1, 0.15) is 0 Å². The molecule has 1 radical (unpaired) electrons. The molecule has 0 rings (SSSR count). The van der Waals surface area contributed by atoms with Gasteiger partial charge in [0.25, 0.3) is 0 Å². The van der Waals surface area contributed by atoms with Crippen molar-refractivity contribution in [3.8, 4) is 0 Å². The third-order valence-electron chi connectivity index (χ3n) is 0.357. The second-order valence-corrected chi connectivity index (χ2v) is 1.27. The van der Waals surface area contributed by atoms with Crippen LogP contribution in [-0.2, 0) is 33.6 Å². The Balaban J connectivity index is -0.0000000560. The fraction of sp³-hybridized carbons (Fsp3) is 0.286. The van der Waals surface area contributed by atoms with E-state index in [1.165, 1.54) is 13.8 Å². The molecule has 0 aliphatic heterocycles. The molecule has 0 aromatic heterocycles. The van der Waals surface area contributed by atoms with Gasteiger partial charge >= 0.3 is 22.6 Å². The van der Waals surface area contributed by atoms with Crippen molar-refractivity contribution in [3.05, 3.63) is 25.1 Å². The van der Waals surface area contributed by atoms with Gasteiger partial charge in [-0.3, -0.25) is 0 Å². The van der Waals surface area contributed by atoms with Crippen LogP contribution in [-0.4, -0.2) is 10.9 Å². The first-order valence-corrected chi connectivity index (χ1v) is 2.34. The molecule has 5 heteroatoms. The molecule has 0 saturated heterocycles.